The van der Waals surface area contributed by atoms with Crippen LogP contribution in [0.15, 0.2) is 46.0 Å². The molecule has 6 nitrogen and oxygen atoms in total. The maximum atomic E-state index is 13.2. The van der Waals surface area contributed by atoms with Crippen molar-refractivity contribution in [2.45, 2.75) is 19.8 Å². The van der Waals surface area contributed by atoms with E-state index < -0.39 is 0 Å². The van der Waals surface area contributed by atoms with E-state index >= 15 is 0 Å². The lowest BCUT2D eigenvalue weighted by molar-refractivity contribution is -0.127. The van der Waals surface area contributed by atoms with E-state index in [9.17, 15) is 9.18 Å². The molecule has 1 aromatic heterocycles. The molecule has 2 aromatic rings. The third-order valence-corrected chi connectivity index (χ3v) is 4.11. The van der Waals surface area contributed by atoms with Gasteiger partial charge in [0.25, 0.3) is 0 Å². The van der Waals surface area contributed by atoms with Gasteiger partial charge in [0.2, 0.25) is 5.91 Å². The topological polar surface area (TPSA) is 69.9 Å². The van der Waals surface area contributed by atoms with Crippen LogP contribution in [0.2, 0.25) is 0 Å². The summed E-state index contributed by atoms with van der Waals surface area (Å²) in [5.41, 5.74) is 1.99. The molecule has 0 aliphatic heterocycles. The zero-order valence-corrected chi connectivity index (χ0v) is 16.1. The number of aliphatic imine (C=N–C) groups is 1. The van der Waals surface area contributed by atoms with Gasteiger partial charge in [-0.25, -0.2) is 9.38 Å². The first-order valence-corrected chi connectivity index (χ1v) is 8.95. The number of carbonyl (C=O) groups is 1. The van der Waals surface area contributed by atoms with Gasteiger partial charge in [-0.3, -0.25) is 4.79 Å². The van der Waals surface area contributed by atoms with Crippen LogP contribution in [0.3, 0.4) is 0 Å². The van der Waals surface area contributed by atoms with E-state index in [2.05, 4.69) is 15.6 Å². The molecule has 0 fully saturated rings. The molecular weight excluding hydrogens is 347 g/mol. The van der Waals surface area contributed by atoms with Crippen molar-refractivity contribution in [2.24, 2.45) is 4.99 Å². The Labute approximate surface area is 159 Å². The number of guanidine groups is 1. The molecule has 1 aromatic carbocycles. The molecule has 2 N–H and O–H groups in total. The van der Waals surface area contributed by atoms with E-state index in [-0.39, 0.29) is 18.3 Å². The summed E-state index contributed by atoms with van der Waals surface area (Å²) in [6, 6.07) is 8.56. The van der Waals surface area contributed by atoms with Crippen LogP contribution in [-0.2, 0) is 17.6 Å². The summed E-state index contributed by atoms with van der Waals surface area (Å²) in [7, 11) is 3.40. The Morgan fingerprint density at radius 2 is 1.93 bits per heavy atom. The Bertz CT molecular complexity index is 757. The van der Waals surface area contributed by atoms with Crippen molar-refractivity contribution < 1.29 is 13.6 Å². The zero-order valence-electron chi connectivity index (χ0n) is 16.1. The minimum Gasteiger partial charge on any atom is -0.469 e. The van der Waals surface area contributed by atoms with E-state index in [1.807, 2.05) is 19.1 Å². The molecule has 0 aliphatic rings. The third kappa shape index (κ3) is 7.13. The Morgan fingerprint density at radius 3 is 2.56 bits per heavy atom. The molecule has 2 rings (SSSR count). The fourth-order valence-corrected chi connectivity index (χ4v) is 2.48. The lowest BCUT2D eigenvalue weighted by atomic mass is 10.1. The molecular formula is C20H27FN4O2. The van der Waals surface area contributed by atoms with Gasteiger partial charge in [-0.1, -0.05) is 6.07 Å². The van der Waals surface area contributed by atoms with Crippen LogP contribution < -0.4 is 10.6 Å². The lowest BCUT2D eigenvalue weighted by Gasteiger charge is -2.14. The van der Waals surface area contributed by atoms with Crippen LogP contribution >= 0.6 is 0 Å². The standard InChI is InChI=1S/C20H27FN4O2/c1-15-13-17(21)7-6-16(15)8-10-22-20(24-14-19(26)25(2)3)23-11-9-18-5-4-12-27-18/h4-7,12-13H,8-11,14H2,1-3H3,(H2,22,23,24). The molecule has 0 unspecified atom stereocenters. The van der Waals surface area contributed by atoms with Gasteiger partial charge in [0, 0.05) is 33.6 Å². The first-order chi connectivity index (χ1) is 13.0. The summed E-state index contributed by atoms with van der Waals surface area (Å²) in [4.78, 5) is 17.6. The van der Waals surface area contributed by atoms with E-state index in [1.54, 1.807) is 26.4 Å². The summed E-state index contributed by atoms with van der Waals surface area (Å²) in [5.74, 6) is 1.15. The molecule has 1 heterocycles. The largest absolute Gasteiger partial charge is 0.469 e. The average Bonchev–Trinajstić information content (AvgIpc) is 3.14. The van der Waals surface area contributed by atoms with E-state index in [0.29, 0.717) is 25.5 Å². The van der Waals surface area contributed by atoms with Gasteiger partial charge in [0.05, 0.1) is 6.26 Å². The van der Waals surface area contributed by atoms with Crippen molar-refractivity contribution in [3.8, 4) is 0 Å². The molecule has 0 bridgehead atoms. The monoisotopic (exact) mass is 374 g/mol. The van der Waals surface area contributed by atoms with Gasteiger partial charge in [-0.15, -0.1) is 0 Å². The summed E-state index contributed by atoms with van der Waals surface area (Å²) in [6.45, 7) is 3.21. The number of halogens is 1. The SMILES string of the molecule is Cc1cc(F)ccc1CCNC(=NCC(=O)N(C)C)NCCc1ccco1. The van der Waals surface area contributed by atoms with Crippen molar-refractivity contribution in [3.05, 3.63) is 59.3 Å². The number of nitrogens with one attached hydrogen (secondary N) is 2. The minimum atomic E-state index is -0.228. The number of aryl methyl sites for hydroxylation is 1. The number of hydrogen-bond donors (Lipinski definition) is 2. The van der Waals surface area contributed by atoms with Gasteiger partial charge < -0.3 is 20.0 Å². The molecule has 27 heavy (non-hydrogen) atoms. The van der Waals surface area contributed by atoms with Crippen LogP contribution in [0.4, 0.5) is 4.39 Å². The second kappa shape index (κ2) is 10.4. The first kappa shape index (κ1) is 20.5. The normalized spacial score (nSPS) is 11.3. The molecule has 0 atom stereocenters. The van der Waals surface area contributed by atoms with Gasteiger partial charge in [0.15, 0.2) is 5.96 Å². The molecule has 146 valence electrons. The van der Waals surface area contributed by atoms with E-state index in [1.165, 1.54) is 17.0 Å². The number of benzene rings is 1. The highest BCUT2D eigenvalue weighted by molar-refractivity contribution is 5.84. The maximum absolute atomic E-state index is 13.2. The molecule has 0 aliphatic carbocycles. The van der Waals surface area contributed by atoms with Gasteiger partial charge >= 0.3 is 0 Å². The van der Waals surface area contributed by atoms with Crippen molar-refractivity contribution in [2.75, 3.05) is 33.7 Å². The predicted octanol–water partition coefficient (Wildman–Crippen LogP) is 2.14. The first-order valence-electron chi connectivity index (χ1n) is 8.95. The fraction of sp³-hybridized carbons (Fsp3) is 0.400. The number of rotatable bonds is 8. The van der Waals surface area contributed by atoms with Gasteiger partial charge in [-0.05, 0) is 48.7 Å². The molecule has 1 amide bonds. The number of likely N-dealkylation sites (N-methyl/N-ethyl adjacent to an activating group) is 1. The van der Waals surface area contributed by atoms with Crippen LogP contribution in [0.5, 0.6) is 0 Å². The predicted molar refractivity (Wildman–Crippen MR) is 104 cm³/mol. The van der Waals surface area contributed by atoms with Gasteiger partial charge in [0.1, 0.15) is 18.1 Å². The van der Waals surface area contributed by atoms with Crippen molar-refractivity contribution >= 4 is 11.9 Å². The number of nitrogens with zero attached hydrogens (tertiary/aromatic N) is 2. The highest BCUT2D eigenvalue weighted by Gasteiger charge is 2.06. The second-order valence-electron chi connectivity index (χ2n) is 6.46. The van der Waals surface area contributed by atoms with Crippen molar-refractivity contribution in [1.29, 1.82) is 0 Å². The minimum absolute atomic E-state index is 0.0681. The summed E-state index contributed by atoms with van der Waals surface area (Å²) in [5, 5.41) is 6.44. The Kier molecular flexibility index (Phi) is 7.85. The Balaban J connectivity index is 1.89. The summed E-state index contributed by atoms with van der Waals surface area (Å²) < 4.78 is 18.5. The number of amides is 1. The van der Waals surface area contributed by atoms with E-state index in [0.717, 1.165) is 23.3 Å². The molecule has 0 radical (unpaired) electrons. The molecule has 0 saturated carbocycles. The Morgan fingerprint density at radius 1 is 1.19 bits per heavy atom. The van der Waals surface area contributed by atoms with E-state index in [4.69, 9.17) is 4.42 Å². The van der Waals surface area contributed by atoms with Crippen molar-refractivity contribution in [3.63, 3.8) is 0 Å². The highest BCUT2D eigenvalue weighted by atomic mass is 19.1. The highest BCUT2D eigenvalue weighted by Crippen LogP contribution is 2.10. The fourth-order valence-electron chi connectivity index (χ4n) is 2.48. The second-order valence-corrected chi connectivity index (χ2v) is 6.46. The summed E-state index contributed by atoms with van der Waals surface area (Å²) >= 11 is 0. The number of hydrogen-bond acceptors (Lipinski definition) is 3. The van der Waals surface area contributed by atoms with Crippen LogP contribution in [0.1, 0.15) is 16.9 Å². The van der Waals surface area contributed by atoms with Crippen molar-refractivity contribution in [1.82, 2.24) is 15.5 Å². The molecule has 0 saturated heterocycles. The van der Waals surface area contributed by atoms with Gasteiger partial charge in [-0.2, -0.15) is 0 Å². The van der Waals surface area contributed by atoms with Crippen LogP contribution in [-0.4, -0.2) is 50.5 Å². The molecule has 0 spiro atoms. The zero-order chi connectivity index (χ0) is 19.6. The van der Waals surface area contributed by atoms with Crippen LogP contribution in [0, 0.1) is 12.7 Å². The maximum Gasteiger partial charge on any atom is 0.243 e. The number of furan rings is 1. The third-order valence-electron chi connectivity index (χ3n) is 4.11. The molecule has 7 heteroatoms. The Hall–Kier alpha value is -2.83. The number of carbonyl (C=O) groups excluding carboxylic acids is 1. The lowest BCUT2D eigenvalue weighted by Crippen LogP contribution is -2.40. The quantitative estimate of drug-likeness (QED) is 0.549. The summed E-state index contributed by atoms with van der Waals surface area (Å²) in [6.07, 6.45) is 3.09. The average molecular weight is 374 g/mol. The smallest absolute Gasteiger partial charge is 0.243 e. The van der Waals surface area contributed by atoms with Crippen LogP contribution in [0.25, 0.3) is 0 Å².